The summed E-state index contributed by atoms with van der Waals surface area (Å²) in [6, 6.07) is 2.07. The van der Waals surface area contributed by atoms with Gasteiger partial charge in [-0.2, -0.15) is 0 Å². The molecule has 0 atom stereocenters. The fourth-order valence-corrected chi connectivity index (χ4v) is 3.96. The lowest BCUT2D eigenvalue weighted by atomic mass is 10.1. The quantitative estimate of drug-likeness (QED) is 0.908. The Morgan fingerprint density at radius 2 is 2.15 bits per heavy atom. The van der Waals surface area contributed by atoms with Gasteiger partial charge in [0, 0.05) is 11.3 Å². The first-order valence-electron chi connectivity index (χ1n) is 6.75. The fourth-order valence-electron chi connectivity index (χ4n) is 1.93. The third-order valence-electron chi connectivity index (χ3n) is 3.01. The lowest BCUT2D eigenvalue weighted by molar-refractivity contribution is 0.0954. The lowest BCUT2D eigenvalue weighted by Crippen LogP contribution is -2.22. The highest BCUT2D eigenvalue weighted by Gasteiger charge is 2.16. The first kappa shape index (κ1) is 15.2. The second-order valence-corrected chi connectivity index (χ2v) is 7.41. The summed E-state index contributed by atoms with van der Waals surface area (Å²) in [6.07, 6.45) is 0.933. The Labute approximate surface area is 128 Å². The molecule has 0 aromatic carbocycles. The monoisotopic (exact) mass is 308 g/mol. The van der Waals surface area contributed by atoms with E-state index in [-0.39, 0.29) is 5.91 Å². The molecule has 108 valence electrons. The first-order valence-corrected chi connectivity index (χ1v) is 8.44. The van der Waals surface area contributed by atoms with Gasteiger partial charge in [-0.1, -0.05) is 13.8 Å². The molecule has 0 bridgehead atoms. The number of carbonyl (C=O) groups excluding carboxylic acids is 1. The SMILES string of the molecule is Cc1ccsc1CNC(=O)c1sc(CC(C)C)nc1C. The maximum absolute atomic E-state index is 12.2. The predicted molar refractivity (Wildman–Crippen MR) is 85.6 cm³/mol. The van der Waals surface area contributed by atoms with Crippen LogP contribution in [0.4, 0.5) is 0 Å². The second-order valence-electron chi connectivity index (χ2n) is 5.33. The van der Waals surface area contributed by atoms with E-state index in [4.69, 9.17) is 0 Å². The van der Waals surface area contributed by atoms with Crippen molar-refractivity contribution in [1.29, 1.82) is 0 Å². The minimum absolute atomic E-state index is 0.0113. The van der Waals surface area contributed by atoms with Gasteiger partial charge in [0.15, 0.2) is 0 Å². The molecule has 0 saturated heterocycles. The van der Waals surface area contributed by atoms with E-state index in [9.17, 15) is 4.79 Å². The Bertz CT molecular complexity index is 599. The molecule has 0 radical (unpaired) electrons. The number of thiophene rings is 1. The van der Waals surface area contributed by atoms with Crippen molar-refractivity contribution in [2.75, 3.05) is 0 Å². The van der Waals surface area contributed by atoms with Crippen LogP contribution < -0.4 is 5.32 Å². The summed E-state index contributed by atoms with van der Waals surface area (Å²) in [5, 5.41) is 6.09. The minimum atomic E-state index is -0.0113. The number of nitrogens with one attached hydrogen (secondary N) is 1. The van der Waals surface area contributed by atoms with Crippen molar-refractivity contribution in [2.24, 2.45) is 5.92 Å². The second kappa shape index (κ2) is 6.50. The van der Waals surface area contributed by atoms with E-state index in [1.807, 2.05) is 6.92 Å². The van der Waals surface area contributed by atoms with E-state index in [2.05, 4.69) is 42.5 Å². The molecular weight excluding hydrogens is 288 g/mol. The molecule has 1 N–H and O–H groups in total. The number of nitrogens with zero attached hydrogens (tertiary/aromatic N) is 1. The van der Waals surface area contributed by atoms with Gasteiger partial charge >= 0.3 is 0 Å². The number of carbonyl (C=O) groups is 1. The highest BCUT2D eigenvalue weighted by Crippen LogP contribution is 2.21. The van der Waals surface area contributed by atoms with Gasteiger partial charge < -0.3 is 5.32 Å². The average molecular weight is 308 g/mol. The minimum Gasteiger partial charge on any atom is -0.346 e. The van der Waals surface area contributed by atoms with Crippen LogP contribution in [0, 0.1) is 19.8 Å². The van der Waals surface area contributed by atoms with Crippen molar-refractivity contribution >= 4 is 28.6 Å². The van der Waals surface area contributed by atoms with Crippen molar-refractivity contribution in [2.45, 2.75) is 40.7 Å². The smallest absolute Gasteiger partial charge is 0.263 e. The van der Waals surface area contributed by atoms with Gasteiger partial charge in [0.05, 0.1) is 17.2 Å². The number of amides is 1. The Morgan fingerprint density at radius 1 is 1.40 bits per heavy atom. The van der Waals surface area contributed by atoms with Crippen LogP contribution in [0.3, 0.4) is 0 Å². The van der Waals surface area contributed by atoms with E-state index >= 15 is 0 Å². The Hall–Kier alpha value is -1.20. The zero-order valence-electron chi connectivity index (χ0n) is 12.3. The van der Waals surface area contributed by atoms with Crippen molar-refractivity contribution in [3.8, 4) is 0 Å². The standard InChI is InChI=1S/C15H20N2OS2/c1-9(2)7-13-17-11(4)14(20-13)15(18)16-8-12-10(3)5-6-19-12/h5-6,9H,7-8H2,1-4H3,(H,16,18). The third-order valence-corrected chi connectivity index (χ3v) is 5.21. The lowest BCUT2D eigenvalue weighted by Gasteiger charge is -2.03. The molecule has 0 unspecified atom stereocenters. The Morgan fingerprint density at radius 3 is 2.75 bits per heavy atom. The van der Waals surface area contributed by atoms with E-state index in [1.54, 1.807) is 11.3 Å². The molecule has 5 heteroatoms. The van der Waals surface area contributed by atoms with Gasteiger partial charge in [0.1, 0.15) is 4.88 Å². The van der Waals surface area contributed by atoms with Crippen molar-refractivity contribution in [3.05, 3.63) is 37.5 Å². The van der Waals surface area contributed by atoms with E-state index in [0.717, 1.165) is 22.0 Å². The van der Waals surface area contributed by atoms with Gasteiger partial charge in [-0.05, 0) is 36.8 Å². The van der Waals surface area contributed by atoms with E-state index in [1.165, 1.54) is 21.8 Å². The predicted octanol–water partition coefficient (Wildman–Crippen LogP) is 3.95. The Kier molecular flexibility index (Phi) is 4.94. The number of hydrogen-bond acceptors (Lipinski definition) is 4. The van der Waals surface area contributed by atoms with Gasteiger partial charge in [-0.3, -0.25) is 4.79 Å². The largest absolute Gasteiger partial charge is 0.346 e. The molecule has 20 heavy (non-hydrogen) atoms. The topological polar surface area (TPSA) is 42.0 Å². The van der Waals surface area contributed by atoms with Crippen molar-refractivity contribution in [3.63, 3.8) is 0 Å². The summed E-state index contributed by atoms with van der Waals surface area (Å²) in [4.78, 5) is 18.7. The fraction of sp³-hybridized carbons (Fsp3) is 0.467. The zero-order chi connectivity index (χ0) is 14.7. The number of aromatic nitrogens is 1. The maximum Gasteiger partial charge on any atom is 0.263 e. The Balaban J connectivity index is 2.02. The van der Waals surface area contributed by atoms with E-state index < -0.39 is 0 Å². The molecule has 0 aliphatic rings. The van der Waals surface area contributed by atoms with E-state index in [0.29, 0.717) is 12.5 Å². The van der Waals surface area contributed by atoms with Crippen LogP contribution in [0.25, 0.3) is 0 Å². The van der Waals surface area contributed by atoms with Crippen LogP contribution in [0.2, 0.25) is 0 Å². The highest BCUT2D eigenvalue weighted by atomic mass is 32.1. The molecule has 2 rings (SSSR count). The van der Waals surface area contributed by atoms with Gasteiger partial charge in [-0.15, -0.1) is 22.7 Å². The van der Waals surface area contributed by atoms with Crippen LogP contribution in [-0.4, -0.2) is 10.9 Å². The molecule has 0 spiro atoms. The number of rotatable bonds is 5. The molecule has 0 aliphatic heterocycles. The van der Waals surface area contributed by atoms with Gasteiger partial charge in [0.2, 0.25) is 0 Å². The maximum atomic E-state index is 12.2. The normalized spacial score (nSPS) is 11.1. The first-order chi connectivity index (χ1) is 9.47. The van der Waals surface area contributed by atoms with Gasteiger partial charge in [0.25, 0.3) is 5.91 Å². The van der Waals surface area contributed by atoms with Crippen LogP contribution in [0.1, 0.15) is 44.7 Å². The molecule has 1 amide bonds. The third kappa shape index (κ3) is 3.67. The average Bonchev–Trinajstić information content (AvgIpc) is 2.92. The van der Waals surface area contributed by atoms with Crippen molar-refractivity contribution in [1.82, 2.24) is 10.3 Å². The van der Waals surface area contributed by atoms with Crippen LogP contribution in [0.5, 0.6) is 0 Å². The zero-order valence-corrected chi connectivity index (χ0v) is 14.0. The molecule has 2 aromatic heterocycles. The molecule has 2 heterocycles. The molecule has 2 aromatic rings. The molecule has 0 saturated carbocycles. The highest BCUT2D eigenvalue weighted by molar-refractivity contribution is 7.13. The summed E-state index contributed by atoms with van der Waals surface area (Å²) in [6.45, 7) is 8.90. The van der Waals surface area contributed by atoms with Crippen molar-refractivity contribution < 1.29 is 4.79 Å². The number of thiazole rings is 1. The number of hydrogen-bond donors (Lipinski definition) is 1. The summed E-state index contributed by atoms with van der Waals surface area (Å²) in [7, 11) is 0. The molecule has 0 aliphatic carbocycles. The molecule has 0 fully saturated rings. The molecule has 3 nitrogen and oxygen atoms in total. The summed E-state index contributed by atoms with van der Waals surface area (Å²) >= 11 is 3.20. The number of aryl methyl sites for hydroxylation is 2. The molecular formula is C15H20N2OS2. The summed E-state index contributed by atoms with van der Waals surface area (Å²) in [5.41, 5.74) is 2.07. The van der Waals surface area contributed by atoms with Crippen LogP contribution >= 0.6 is 22.7 Å². The van der Waals surface area contributed by atoms with Crippen LogP contribution in [0.15, 0.2) is 11.4 Å². The summed E-state index contributed by atoms with van der Waals surface area (Å²) < 4.78 is 0. The van der Waals surface area contributed by atoms with Crippen LogP contribution in [-0.2, 0) is 13.0 Å². The van der Waals surface area contributed by atoms with Gasteiger partial charge in [-0.25, -0.2) is 4.98 Å². The summed E-state index contributed by atoms with van der Waals surface area (Å²) in [5.74, 6) is 0.549.